The monoisotopic (exact) mass is 361 g/mol. The van der Waals surface area contributed by atoms with Gasteiger partial charge in [-0.1, -0.05) is 13.8 Å². The normalized spacial score (nSPS) is 23.7. The fourth-order valence-corrected chi connectivity index (χ4v) is 3.48. The van der Waals surface area contributed by atoms with Gasteiger partial charge in [0.2, 0.25) is 17.7 Å². The quantitative estimate of drug-likeness (QED) is 0.765. The van der Waals surface area contributed by atoms with Crippen molar-refractivity contribution in [2.45, 2.75) is 26.7 Å². The zero-order valence-corrected chi connectivity index (χ0v) is 15.2. The van der Waals surface area contributed by atoms with Crippen molar-refractivity contribution >= 4 is 23.4 Å². The Labute approximate surface area is 152 Å². The number of carbonyl (C=O) groups is 3. The highest BCUT2D eigenvalue weighted by Crippen LogP contribution is 2.35. The van der Waals surface area contributed by atoms with Gasteiger partial charge in [-0.2, -0.15) is 0 Å². The number of anilines is 1. The summed E-state index contributed by atoms with van der Waals surface area (Å²) in [4.78, 5) is 42.0. The second-order valence-corrected chi connectivity index (χ2v) is 7.22. The van der Waals surface area contributed by atoms with Crippen molar-refractivity contribution in [3.63, 3.8) is 0 Å². The van der Waals surface area contributed by atoms with E-state index in [1.807, 2.05) is 6.92 Å². The Balaban J connectivity index is 1.56. The zero-order valence-electron chi connectivity index (χ0n) is 15.2. The SMILES string of the molecule is CCC1(C)CC(=O)N(CC(=O)N2CCN(c3ccc(F)cc3)CC2)C1=O. The van der Waals surface area contributed by atoms with E-state index in [-0.39, 0.29) is 36.5 Å². The molecule has 0 aliphatic carbocycles. The van der Waals surface area contributed by atoms with Crippen LogP contribution in [-0.4, -0.2) is 60.2 Å². The number of hydrogen-bond donors (Lipinski definition) is 0. The van der Waals surface area contributed by atoms with Crippen LogP contribution in [0.25, 0.3) is 0 Å². The molecule has 0 spiro atoms. The van der Waals surface area contributed by atoms with Crippen LogP contribution in [0.1, 0.15) is 26.7 Å². The predicted octanol–water partition coefficient (Wildman–Crippen LogP) is 1.65. The first-order valence-electron chi connectivity index (χ1n) is 8.97. The van der Waals surface area contributed by atoms with E-state index >= 15 is 0 Å². The molecule has 2 saturated heterocycles. The summed E-state index contributed by atoms with van der Waals surface area (Å²) < 4.78 is 13.0. The number of likely N-dealkylation sites (tertiary alicyclic amines) is 1. The Bertz CT molecular complexity index is 713. The third-order valence-electron chi connectivity index (χ3n) is 5.50. The minimum atomic E-state index is -0.682. The number of nitrogens with zero attached hydrogens (tertiary/aromatic N) is 3. The molecule has 26 heavy (non-hydrogen) atoms. The van der Waals surface area contributed by atoms with Crippen molar-refractivity contribution in [1.29, 1.82) is 0 Å². The molecule has 3 rings (SSSR count). The highest BCUT2D eigenvalue weighted by atomic mass is 19.1. The molecular formula is C19H24FN3O3. The third kappa shape index (κ3) is 3.43. The first-order valence-corrected chi connectivity index (χ1v) is 8.97. The van der Waals surface area contributed by atoms with E-state index in [0.717, 1.165) is 10.6 Å². The van der Waals surface area contributed by atoms with Gasteiger partial charge in [0, 0.05) is 38.3 Å². The van der Waals surface area contributed by atoms with Gasteiger partial charge >= 0.3 is 0 Å². The molecule has 3 amide bonds. The van der Waals surface area contributed by atoms with Crippen LogP contribution < -0.4 is 4.90 Å². The summed E-state index contributed by atoms with van der Waals surface area (Å²) in [5, 5.41) is 0. The fraction of sp³-hybridized carbons (Fsp3) is 0.526. The Morgan fingerprint density at radius 1 is 1.12 bits per heavy atom. The maximum absolute atomic E-state index is 13.0. The number of carbonyl (C=O) groups excluding carboxylic acids is 3. The van der Waals surface area contributed by atoms with Crippen LogP contribution in [-0.2, 0) is 14.4 Å². The summed E-state index contributed by atoms with van der Waals surface area (Å²) in [6.07, 6.45) is 0.757. The number of piperazine rings is 1. The molecule has 0 saturated carbocycles. The first-order chi connectivity index (χ1) is 12.3. The smallest absolute Gasteiger partial charge is 0.242 e. The van der Waals surface area contributed by atoms with Gasteiger partial charge in [-0.05, 0) is 30.7 Å². The number of amides is 3. The predicted molar refractivity (Wildman–Crippen MR) is 94.9 cm³/mol. The number of hydrogen-bond acceptors (Lipinski definition) is 4. The van der Waals surface area contributed by atoms with Crippen LogP contribution >= 0.6 is 0 Å². The van der Waals surface area contributed by atoms with Crippen molar-refractivity contribution in [1.82, 2.24) is 9.80 Å². The highest BCUT2D eigenvalue weighted by molar-refractivity contribution is 6.07. The second-order valence-electron chi connectivity index (χ2n) is 7.22. The zero-order chi connectivity index (χ0) is 18.9. The third-order valence-corrected chi connectivity index (χ3v) is 5.50. The van der Waals surface area contributed by atoms with Crippen LogP contribution in [0, 0.1) is 11.2 Å². The van der Waals surface area contributed by atoms with Crippen molar-refractivity contribution in [2.75, 3.05) is 37.6 Å². The molecule has 0 bridgehead atoms. The van der Waals surface area contributed by atoms with Crippen molar-refractivity contribution in [2.24, 2.45) is 5.41 Å². The lowest BCUT2D eigenvalue weighted by atomic mass is 9.86. The standard InChI is InChI=1S/C19H24FN3O3/c1-3-19(2)12-16(24)23(18(19)26)13-17(25)22-10-8-21(9-11-22)15-6-4-14(20)5-7-15/h4-7H,3,8-13H2,1-2H3. The van der Waals surface area contributed by atoms with Crippen LogP contribution in [0.4, 0.5) is 10.1 Å². The molecule has 0 aromatic heterocycles. The molecule has 2 heterocycles. The van der Waals surface area contributed by atoms with Crippen LogP contribution in [0.2, 0.25) is 0 Å². The van der Waals surface area contributed by atoms with E-state index in [1.165, 1.54) is 12.1 Å². The number of benzene rings is 1. The summed E-state index contributed by atoms with van der Waals surface area (Å²) in [5.74, 6) is -0.992. The van der Waals surface area contributed by atoms with Crippen LogP contribution in [0.5, 0.6) is 0 Å². The van der Waals surface area contributed by atoms with Gasteiger partial charge in [-0.25, -0.2) is 4.39 Å². The maximum atomic E-state index is 13.0. The molecule has 1 aromatic carbocycles. The topological polar surface area (TPSA) is 60.9 Å². The van der Waals surface area contributed by atoms with Gasteiger partial charge in [0.1, 0.15) is 12.4 Å². The summed E-state index contributed by atoms with van der Waals surface area (Å²) in [7, 11) is 0. The largest absolute Gasteiger partial charge is 0.368 e. The van der Waals surface area contributed by atoms with Crippen LogP contribution in [0.3, 0.4) is 0 Å². The Kier molecular flexibility index (Phi) is 4.98. The molecule has 2 aliphatic rings. The Morgan fingerprint density at radius 3 is 2.27 bits per heavy atom. The summed E-state index contributed by atoms with van der Waals surface area (Å²) in [5.41, 5.74) is 0.237. The van der Waals surface area contributed by atoms with Gasteiger partial charge in [0.25, 0.3) is 0 Å². The van der Waals surface area contributed by atoms with Gasteiger partial charge in [-0.3, -0.25) is 19.3 Å². The lowest BCUT2D eigenvalue weighted by Gasteiger charge is -2.36. The first kappa shape index (κ1) is 18.4. The van der Waals surface area contributed by atoms with E-state index in [0.29, 0.717) is 32.6 Å². The van der Waals surface area contributed by atoms with Crippen molar-refractivity contribution < 1.29 is 18.8 Å². The van der Waals surface area contributed by atoms with Crippen LogP contribution in [0.15, 0.2) is 24.3 Å². The average Bonchev–Trinajstić information content (AvgIpc) is 2.86. The Hall–Kier alpha value is -2.44. The molecule has 1 aromatic rings. The molecule has 6 nitrogen and oxygen atoms in total. The molecule has 2 aliphatic heterocycles. The molecule has 0 radical (unpaired) electrons. The fourth-order valence-electron chi connectivity index (χ4n) is 3.48. The Morgan fingerprint density at radius 2 is 1.73 bits per heavy atom. The number of halogens is 1. The number of imide groups is 1. The number of rotatable bonds is 4. The van der Waals surface area contributed by atoms with Crippen molar-refractivity contribution in [3.05, 3.63) is 30.1 Å². The van der Waals surface area contributed by atoms with Gasteiger partial charge in [0.05, 0.1) is 5.41 Å². The molecular weight excluding hydrogens is 337 g/mol. The van der Waals surface area contributed by atoms with E-state index in [9.17, 15) is 18.8 Å². The van der Waals surface area contributed by atoms with Crippen molar-refractivity contribution in [3.8, 4) is 0 Å². The molecule has 1 unspecified atom stereocenters. The lowest BCUT2D eigenvalue weighted by Crippen LogP contribution is -2.52. The van der Waals surface area contributed by atoms with E-state index in [2.05, 4.69) is 4.90 Å². The minimum Gasteiger partial charge on any atom is -0.368 e. The average molecular weight is 361 g/mol. The maximum Gasteiger partial charge on any atom is 0.242 e. The van der Waals surface area contributed by atoms with Gasteiger partial charge in [-0.15, -0.1) is 0 Å². The molecule has 0 N–H and O–H groups in total. The summed E-state index contributed by atoms with van der Waals surface area (Å²) >= 11 is 0. The van der Waals surface area contributed by atoms with E-state index in [1.54, 1.807) is 24.0 Å². The van der Waals surface area contributed by atoms with E-state index < -0.39 is 5.41 Å². The second kappa shape index (κ2) is 7.05. The lowest BCUT2D eigenvalue weighted by molar-refractivity contribution is -0.147. The molecule has 140 valence electrons. The molecule has 7 heteroatoms. The molecule has 2 fully saturated rings. The highest BCUT2D eigenvalue weighted by Gasteiger charge is 2.47. The summed E-state index contributed by atoms with van der Waals surface area (Å²) in [6.45, 7) is 5.76. The summed E-state index contributed by atoms with van der Waals surface area (Å²) in [6, 6.07) is 6.28. The minimum absolute atomic E-state index is 0.175. The molecule has 1 atom stereocenters. The van der Waals surface area contributed by atoms with Gasteiger partial charge < -0.3 is 9.80 Å². The van der Waals surface area contributed by atoms with Gasteiger partial charge in [0.15, 0.2) is 0 Å². The van der Waals surface area contributed by atoms with E-state index in [4.69, 9.17) is 0 Å².